The Morgan fingerprint density at radius 2 is 1.94 bits per heavy atom. The normalized spacial score (nSPS) is 11.0. The van der Waals surface area contributed by atoms with Crippen LogP contribution in [0.25, 0.3) is 0 Å². The number of esters is 1. The Morgan fingerprint density at radius 3 is 2.44 bits per heavy atom. The summed E-state index contributed by atoms with van der Waals surface area (Å²) in [6.07, 6.45) is 1.81. The zero-order valence-electron chi connectivity index (χ0n) is 11.4. The van der Waals surface area contributed by atoms with E-state index in [0.29, 0.717) is 12.1 Å². The molecule has 0 aliphatic carbocycles. The van der Waals surface area contributed by atoms with E-state index < -0.39 is 0 Å². The molecule has 4 heteroatoms. The first-order chi connectivity index (χ1) is 8.54. The van der Waals surface area contributed by atoms with Gasteiger partial charge in [-0.3, -0.25) is 0 Å². The molecule has 0 fully saturated rings. The number of ether oxygens (including phenoxy) is 1. The van der Waals surface area contributed by atoms with Crippen LogP contribution in [0.15, 0.2) is 35.9 Å². The molecular weight excluding hydrogens is 228 g/mol. The van der Waals surface area contributed by atoms with Crippen LogP contribution < -0.4 is 10.2 Å². The van der Waals surface area contributed by atoms with E-state index in [-0.39, 0.29) is 5.97 Å². The van der Waals surface area contributed by atoms with Crippen molar-refractivity contribution in [2.24, 2.45) is 0 Å². The third-order valence-corrected chi connectivity index (χ3v) is 2.61. The Hall–Kier alpha value is -1.97. The van der Waals surface area contributed by atoms with Gasteiger partial charge in [0.25, 0.3) is 0 Å². The molecule has 4 nitrogen and oxygen atoms in total. The van der Waals surface area contributed by atoms with Crippen LogP contribution in [0.1, 0.15) is 6.92 Å². The smallest absolute Gasteiger partial charge is 0.333 e. The molecule has 0 aromatic heterocycles. The molecule has 0 radical (unpaired) electrons. The van der Waals surface area contributed by atoms with Gasteiger partial charge < -0.3 is 15.0 Å². The highest BCUT2D eigenvalue weighted by Crippen LogP contribution is 2.15. The Bertz CT molecular complexity index is 422. The average Bonchev–Trinajstić information content (AvgIpc) is 2.38. The third kappa shape index (κ3) is 4.13. The van der Waals surface area contributed by atoms with E-state index in [0.717, 1.165) is 11.4 Å². The number of hydrogen-bond acceptors (Lipinski definition) is 4. The van der Waals surface area contributed by atoms with Crippen LogP contribution in [0.4, 0.5) is 11.4 Å². The highest BCUT2D eigenvalue weighted by molar-refractivity contribution is 5.87. The number of carbonyl (C=O) groups is 1. The van der Waals surface area contributed by atoms with E-state index in [1.807, 2.05) is 49.3 Å². The summed E-state index contributed by atoms with van der Waals surface area (Å²) in [5, 5.41) is 3.22. The Balaban J connectivity index is 2.51. The van der Waals surface area contributed by atoms with Gasteiger partial charge in [0.15, 0.2) is 0 Å². The molecule has 1 aromatic rings. The van der Waals surface area contributed by atoms with Gasteiger partial charge >= 0.3 is 5.97 Å². The van der Waals surface area contributed by atoms with E-state index in [2.05, 4.69) is 10.1 Å². The van der Waals surface area contributed by atoms with Gasteiger partial charge in [0.2, 0.25) is 0 Å². The van der Waals surface area contributed by atoms with Crippen molar-refractivity contribution in [2.75, 3.05) is 38.0 Å². The maximum atomic E-state index is 11.1. The lowest BCUT2D eigenvalue weighted by Crippen LogP contribution is -2.08. The minimum Gasteiger partial charge on any atom is -0.466 e. The Labute approximate surface area is 108 Å². The molecule has 0 bridgehead atoms. The average molecular weight is 248 g/mol. The van der Waals surface area contributed by atoms with Crippen molar-refractivity contribution in [3.63, 3.8) is 0 Å². The second-order valence-electron chi connectivity index (χ2n) is 4.20. The van der Waals surface area contributed by atoms with Crippen LogP contribution in [-0.2, 0) is 9.53 Å². The lowest BCUT2D eigenvalue weighted by Gasteiger charge is -2.13. The van der Waals surface area contributed by atoms with Crippen molar-refractivity contribution in [2.45, 2.75) is 6.92 Å². The van der Waals surface area contributed by atoms with E-state index >= 15 is 0 Å². The quantitative estimate of drug-likeness (QED) is 0.641. The summed E-state index contributed by atoms with van der Waals surface area (Å²) in [5.74, 6) is -0.292. The zero-order chi connectivity index (χ0) is 13.5. The molecule has 1 rings (SSSR count). The van der Waals surface area contributed by atoms with Gasteiger partial charge in [0.05, 0.1) is 7.11 Å². The van der Waals surface area contributed by atoms with Crippen molar-refractivity contribution >= 4 is 17.3 Å². The van der Waals surface area contributed by atoms with Crippen molar-refractivity contribution in [1.82, 2.24) is 0 Å². The second kappa shape index (κ2) is 6.69. The fourth-order valence-corrected chi connectivity index (χ4v) is 1.44. The molecule has 0 atom stereocenters. The maximum absolute atomic E-state index is 11.1. The first-order valence-corrected chi connectivity index (χ1v) is 5.81. The van der Waals surface area contributed by atoms with Gasteiger partial charge in [-0.1, -0.05) is 6.08 Å². The number of benzene rings is 1. The summed E-state index contributed by atoms with van der Waals surface area (Å²) in [6, 6.07) is 8.10. The van der Waals surface area contributed by atoms with Gasteiger partial charge in [0, 0.05) is 37.6 Å². The summed E-state index contributed by atoms with van der Waals surface area (Å²) in [5.41, 5.74) is 2.78. The molecule has 18 heavy (non-hydrogen) atoms. The monoisotopic (exact) mass is 248 g/mol. The highest BCUT2D eigenvalue weighted by Gasteiger charge is 2.01. The molecule has 0 saturated carbocycles. The molecular formula is C14H20N2O2. The molecule has 98 valence electrons. The number of nitrogens with zero attached hydrogens (tertiary/aromatic N) is 1. The van der Waals surface area contributed by atoms with Gasteiger partial charge in [0.1, 0.15) is 0 Å². The Morgan fingerprint density at radius 1 is 1.33 bits per heavy atom. The lowest BCUT2D eigenvalue weighted by molar-refractivity contribution is -0.136. The molecule has 0 saturated heterocycles. The fourth-order valence-electron chi connectivity index (χ4n) is 1.44. The van der Waals surface area contributed by atoms with Gasteiger partial charge in [-0.05, 0) is 31.2 Å². The van der Waals surface area contributed by atoms with Crippen LogP contribution in [0.5, 0.6) is 0 Å². The van der Waals surface area contributed by atoms with E-state index in [4.69, 9.17) is 0 Å². The van der Waals surface area contributed by atoms with Crippen molar-refractivity contribution < 1.29 is 9.53 Å². The standard InChI is InChI=1S/C14H20N2O2/c1-11(14(17)18-4)9-10-15-12-5-7-13(8-6-12)16(2)3/h5-9,15H,10H2,1-4H3/b11-9+. The first-order valence-electron chi connectivity index (χ1n) is 5.81. The number of hydrogen-bond donors (Lipinski definition) is 1. The van der Waals surface area contributed by atoms with Crippen molar-refractivity contribution in [1.29, 1.82) is 0 Å². The minimum absolute atomic E-state index is 0.292. The summed E-state index contributed by atoms with van der Waals surface area (Å²) < 4.78 is 4.62. The van der Waals surface area contributed by atoms with Gasteiger partial charge in [-0.15, -0.1) is 0 Å². The van der Waals surface area contributed by atoms with Gasteiger partial charge in [-0.2, -0.15) is 0 Å². The predicted octanol–water partition coefficient (Wildman–Crippen LogP) is 2.28. The van der Waals surface area contributed by atoms with Gasteiger partial charge in [-0.25, -0.2) is 4.79 Å². The summed E-state index contributed by atoms with van der Waals surface area (Å²) >= 11 is 0. The van der Waals surface area contributed by atoms with Crippen molar-refractivity contribution in [3.05, 3.63) is 35.9 Å². The van der Waals surface area contributed by atoms with E-state index in [9.17, 15) is 4.79 Å². The lowest BCUT2D eigenvalue weighted by atomic mass is 10.2. The second-order valence-corrected chi connectivity index (χ2v) is 4.20. The topological polar surface area (TPSA) is 41.6 Å². The molecule has 0 heterocycles. The number of methoxy groups -OCH3 is 1. The third-order valence-electron chi connectivity index (χ3n) is 2.61. The maximum Gasteiger partial charge on any atom is 0.333 e. The predicted molar refractivity (Wildman–Crippen MR) is 75.0 cm³/mol. The minimum atomic E-state index is -0.292. The molecule has 1 N–H and O–H groups in total. The SMILES string of the molecule is COC(=O)/C(C)=C/CNc1ccc(N(C)C)cc1. The largest absolute Gasteiger partial charge is 0.466 e. The van der Waals surface area contributed by atoms with Crippen LogP contribution in [0.2, 0.25) is 0 Å². The molecule has 0 amide bonds. The Kier molecular flexibility index (Phi) is 5.24. The van der Waals surface area contributed by atoms with Crippen LogP contribution in [0.3, 0.4) is 0 Å². The molecule has 0 unspecified atom stereocenters. The molecule has 0 spiro atoms. The highest BCUT2D eigenvalue weighted by atomic mass is 16.5. The van der Waals surface area contributed by atoms with E-state index in [1.54, 1.807) is 6.92 Å². The van der Waals surface area contributed by atoms with E-state index in [1.165, 1.54) is 7.11 Å². The molecule has 1 aromatic carbocycles. The number of nitrogens with one attached hydrogen (secondary N) is 1. The van der Waals surface area contributed by atoms with Crippen molar-refractivity contribution in [3.8, 4) is 0 Å². The number of rotatable bonds is 5. The fraction of sp³-hybridized carbons (Fsp3) is 0.357. The number of carbonyl (C=O) groups excluding carboxylic acids is 1. The zero-order valence-corrected chi connectivity index (χ0v) is 11.4. The van der Waals surface area contributed by atoms with Crippen LogP contribution >= 0.6 is 0 Å². The van der Waals surface area contributed by atoms with Crippen LogP contribution in [-0.4, -0.2) is 33.7 Å². The molecule has 0 aliphatic rings. The first kappa shape index (κ1) is 14.1. The summed E-state index contributed by atoms with van der Waals surface area (Å²) in [7, 11) is 5.39. The summed E-state index contributed by atoms with van der Waals surface area (Å²) in [6.45, 7) is 2.34. The number of anilines is 2. The molecule has 0 aliphatic heterocycles. The summed E-state index contributed by atoms with van der Waals surface area (Å²) in [4.78, 5) is 13.2. The van der Waals surface area contributed by atoms with Crippen LogP contribution in [0, 0.1) is 0 Å².